The summed E-state index contributed by atoms with van der Waals surface area (Å²) in [6, 6.07) is 22.5. The van der Waals surface area contributed by atoms with E-state index in [4.69, 9.17) is 0 Å². The Bertz CT molecular complexity index is 1100. The molecule has 5 rings (SSSR count). The third-order valence-corrected chi connectivity index (χ3v) is 10.8. The second-order valence-electron chi connectivity index (χ2n) is 9.11. The second kappa shape index (κ2) is 7.80. The molecule has 3 aromatic rings. The molecule has 1 heteroatoms. The van der Waals surface area contributed by atoms with E-state index >= 15 is 0 Å². The molecule has 0 spiro atoms. The highest BCUT2D eigenvalue weighted by Crippen LogP contribution is 2.50. The minimum atomic E-state index is -1.65. The first kappa shape index (κ1) is 19.9. The minimum Gasteiger partial charge on any atom is -0.0791 e. The molecule has 0 saturated carbocycles. The van der Waals surface area contributed by atoms with E-state index in [0.717, 1.165) is 0 Å². The van der Waals surface area contributed by atoms with Crippen LogP contribution in [-0.2, 0) is 0 Å². The molecule has 0 bridgehead atoms. The monoisotopic (exact) mass is 396 g/mol. The Kier molecular flexibility index (Phi) is 5.35. The minimum absolute atomic E-state index is 0.586. The quantitative estimate of drug-likeness (QED) is 0.382. The molecule has 0 N–H and O–H groups in total. The van der Waals surface area contributed by atoms with Crippen LogP contribution < -0.4 is 0 Å². The number of hydrogen-bond acceptors (Lipinski definition) is 0. The van der Waals surface area contributed by atoms with Crippen LogP contribution in [0.1, 0.15) is 60.5 Å². The van der Waals surface area contributed by atoms with Gasteiger partial charge in [-0.1, -0.05) is 118 Å². The standard InChI is InChI=1S/C25H24Si.C3H8/c1-17-16-23-20-10-6-4-8-18(20)12-14-22(23)25(17)26(2,3)24-15-13-19-9-5-7-11-21(19)24;1-3-2/h4-16,24-25H,1-3H3;3H2,1-2H3. The highest BCUT2D eigenvalue weighted by atomic mass is 28.3. The fourth-order valence-electron chi connectivity index (χ4n) is 5.35. The molecule has 0 heterocycles. The smallest absolute Gasteiger partial charge is 0.0718 e. The van der Waals surface area contributed by atoms with Gasteiger partial charge in [-0.2, -0.15) is 0 Å². The first-order valence-electron chi connectivity index (χ1n) is 11.0. The van der Waals surface area contributed by atoms with E-state index in [1.807, 2.05) is 0 Å². The third-order valence-electron chi connectivity index (χ3n) is 6.49. The zero-order valence-corrected chi connectivity index (χ0v) is 19.4. The van der Waals surface area contributed by atoms with Crippen LogP contribution in [0.25, 0.3) is 22.9 Å². The Labute approximate surface area is 177 Å². The van der Waals surface area contributed by atoms with Crippen molar-refractivity contribution >= 4 is 31.0 Å². The predicted octanol–water partition coefficient (Wildman–Crippen LogP) is 8.35. The van der Waals surface area contributed by atoms with Crippen molar-refractivity contribution in [2.75, 3.05) is 0 Å². The van der Waals surface area contributed by atoms with Crippen molar-refractivity contribution in [2.24, 2.45) is 0 Å². The van der Waals surface area contributed by atoms with Crippen LogP contribution in [0, 0.1) is 0 Å². The zero-order valence-electron chi connectivity index (χ0n) is 18.4. The summed E-state index contributed by atoms with van der Waals surface area (Å²) in [5.41, 5.74) is 8.68. The van der Waals surface area contributed by atoms with Crippen LogP contribution >= 0.6 is 0 Å². The highest BCUT2D eigenvalue weighted by molar-refractivity contribution is 6.81. The van der Waals surface area contributed by atoms with Gasteiger partial charge in [0, 0.05) is 5.54 Å². The van der Waals surface area contributed by atoms with Crippen LogP contribution in [0.5, 0.6) is 0 Å². The number of rotatable bonds is 2. The molecule has 0 fully saturated rings. The van der Waals surface area contributed by atoms with E-state index in [2.05, 4.69) is 113 Å². The lowest BCUT2D eigenvalue weighted by Gasteiger charge is -2.37. The average molecular weight is 397 g/mol. The average Bonchev–Trinajstić information content (AvgIpc) is 3.30. The summed E-state index contributed by atoms with van der Waals surface area (Å²) >= 11 is 0. The predicted molar refractivity (Wildman–Crippen MR) is 132 cm³/mol. The van der Waals surface area contributed by atoms with Gasteiger partial charge in [-0.3, -0.25) is 0 Å². The van der Waals surface area contributed by atoms with Gasteiger partial charge in [0.25, 0.3) is 0 Å². The summed E-state index contributed by atoms with van der Waals surface area (Å²) in [6.07, 6.45) is 8.52. The van der Waals surface area contributed by atoms with Gasteiger partial charge in [0.15, 0.2) is 0 Å². The highest BCUT2D eigenvalue weighted by Gasteiger charge is 2.44. The molecular weight excluding hydrogens is 364 g/mol. The van der Waals surface area contributed by atoms with Crippen molar-refractivity contribution in [2.45, 2.75) is 51.4 Å². The largest absolute Gasteiger partial charge is 0.0791 e. The van der Waals surface area contributed by atoms with Crippen molar-refractivity contribution in [3.63, 3.8) is 0 Å². The number of allylic oxidation sites excluding steroid dienone is 2. The molecule has 2 aliphatic carbocycles. The fourth-order valence-corrected chi connectivity index (χ4v) is 9.67. The fraction of sp³-hybridized carbons (Fsp3) is 0.286. The molecule has 0 radical (unpaired) electrons. The molecule has 148 valence electrons. The van der Waals surface area contributed by atoms with Crippen molar-refractivity contribution in [3.05, 3.63) is 94.6 Å². The molecule has 0 aromatic heterocycles. The Hall–Kier alpha value is -2.38. The first-order chi connectivity index (χ1) is 14.0. The van der Waals surface area contributed by atoms with E-state index in [1.165, 1.54) is 33.9 Å². The van der Waals surface area contributed by atoms with E-state index < -0.39 is 8.07 Å². The van der Waals surface area contributed by atoms with Crippen LogP contribution in [0.2, 0.25) is 13.1 Å². The SMILES string of the molecule is CC1=Cc2c(ccc3ccccc23)C1[Si](C)(C)C1C=Cc2ccccc21.CCC. The first-order valence-corrected chi connectivity index (χ1v) is 14.1. The van der Waals surface area contributed by atoms with Gasteiger partial charge in [0.2, 0.25) is 0 Å². The number of fused-ring (bicyclic) bond motifs is 4. The van der Waals surface area contributed by atoms with Gasteiger partial charge >= 0.3 is 0 Å². The van der Waals surface area contributed by atoms with Crippen LogP contribution in [0.4, 0.5) is 0 Å². The third kappa shape index (κ3) is 3.32. The molecular formula is C28H32Si. The van der Waals surface area contributed by atoms with E-state index in [1.54, 1.807) is 11.1 Å². The van der Waals surface area contributed by atoms with Crippen LogP contribution in [-0.4, -0.2) is 8.07 Å². The molecule has 0 nitrogen and oxygen atoms in total. The lowest BCUT2D eigenvalue weighted by Crippen LogP contribution is -2.41. The lowest BCUT2D eigenvalue weighted by atomic mass is 10.0. The van der Waals surface area contributed by atoms with Crippen molar-refractivity contribution in [1.29, 1.82) is 0 Å². The summed E-state index contributed by atoms with van der Waals surface area (Å²) in [7, 11) is -1.65. The Balaban J connectivity index is 0.000000645. The van der Waals surface area contributed by atoms with Gasteiger partial charge in [0.05, 0.1) is 8.07 Å². The van der Waals surface area contributed by atoms with Crippen molar-refractivity contribution in [3.8, 4) is 0 Å². The summed E-state index contributed by atoms with van der Waals surface area (Å²) in [5.74, 6) is 0. The van der Waals surface area contributed by atoms with E-state index in [9.17, 15) is 0 Å². The Morgan fingerprint density at radius 1 is 0.828 bits per heavy atom. The Morgan fingerprint density at radius 3 is 2.31 bits per heavy atom. The van der Waals surface area contributed by atoms with E-state index in [-0.39, 0.29) is 0 Å². The van der Waals surface area contributed by atoms with Gasteiger partial charge in [-0.05, 0) is 45.5 Å². The zero-order chi connectivity index (χ0) is 20.6. The molecule has 2 atom stereocenters. The molecule has 0 amide bonds. The molecule has 2 unspecified atom stereocenters. The molecule has 2 aliphatic rings. The summed E-state index contributed by atoms with van der Waals surface area (Å²) in [6.45, 7) is 11.8. The van der Waals surface area contributed by atoms with Crippen LogP contribution in [0.3, 0.4) is 0 Å². The maximum atomic E-state index is 2.58. The lowest BCUT2D eigenvalue weighted by molar-refractivity contribution is 1.00. The van der Waals surface area contributed by atoms with Crippen molar-refractivity contribution < 1.29 is 0 Å². The summed E-state index contributed by atoms with van der Waals surface area (Å²) in [5, 5.41) is 2.75. The Morgan fingerprint density at radius 2 is 1.52 bits per heavy atom. The number of hydrogen-bond donors (Lipinski definition) is 0. The summed E-state index contributed by atoms with van der Waals surface area (Å²) in [4.78, 5) is 0. The van der Waals surface area contributed by atoms with Crippen molar-refractivity contribution in [1.82, 2.24) is 0 Å². The summed E-state index contributed by atoms with van der Waals surface area (Å²) < 4.78 is 0. The van der Waals surface area contributed by atoms with Gasteiger partial charge in [-0.15, -0.1) is 0 Å². The molecule has 29 heavy (non-hydrogen) atoms. The second-order valence-corrected chi connectivity index (χ2v) is 13.9. The van der Waals surface area contributed by atoms with E-state index in [0.29, 0.717) is 11.1 Å². The van der Waals surface area contributed by atoms with Gasteiger partial charge < -0.3 is 0 Å². The molecule has 0 aliphatic heterocycles. The molecule has 3 aromatic carbocycles. The maximum absolute atomic E-state index is 2.58. The van der Waals surface area contributed by atoms with Crippen LogP contribution in [0.15, 0.2) is 72.3 Å². The topological polar surface area (TPSA) is 0 Å². The maximum Gasteiger partial charge on any atom is 0.0718 e. The molecule has 0 saturated heterocycles. The van der Waals surface area contributed by atoms with Gasteiger partial charge in [0.1, 0.15) is 0 Å². The van der Waals surface area contributed by atoms with Gasteiger partial charge in [-0.25, -0.2) is 0 Å². The normalized spacial score (nSPS) is 19.4. The number of benzene rings is 3.